The van der Waals surface area contributed by atoms with Crippen molar-refractivity contribution in [1.82, 2.24) is 0 Å². The van der Waals surface area contributed by atoms with Gasteiger partial charge in [0, 0.05) is 0 Å². The molecule has 12 heavy (non-hydrogen) atoms. The van der Waals surface area contributed by atoms with Crippen molar-refractivity contribution in [2.45, 2.75) is 40.5 Å². The molecule has 0 unspecified atom stereocenters. The summed E-state index contributed by atoms with van der Waals surface area (Å²) < 4.78 is 0. The van der Waals surface area contributed by atoms with Crippen LogP contribution >= 0.6 is 0 Å². The van der Waals surface area contributed by atoms with E-state index < -0.39 is 0 Å². The molecular formula is C12H18. The second-order valence-corrected chi connectivity index (χ2v) is 3.36. The molecule has 0 saturated carbocycles. The van der Waals surface area contributed by atoms with Crippen LogP contribution in [0.3, 0.4) is 0 Å². The molecule has 0 nitrogen and oxygen atoms in total. The summed E-state index contributed by atoms with van der Waals surface area (Å²) in [5, 5.41) is 0. The lowest BCUT2D eigenvalue weighted by molar-refractivity contribution is 1.00. The highest BCUT2D eigenvalue weighted by atomic mass is 14.1. The summed E-state index contributed by atoms with van der Waals surface area (Å²) in [5.41, 5.74) is 6.00. The van der Waals surface area contributed by atoms with E-state index in [-0.39, 0.29) is 0 Å². The van der Waals surface area contributed by atoms with Gasteiger partial charge in [0.2, 0.25) is 0 Å². The predicted octanol–water partition coefficient (Wildman–Crippen LogP) is 3.43. The largest absolute Gasteiger partial charge is 0.0613 e. The van der Waals surface area contributed by atoms with E-state index in [0.29, 0.717) is 0 Å². The molecule has 0 aromatic heterocycles. The van der Waals surface area contributed by atoms with Gasteiger partial charge in [-0.25, -0.2) is 0 Å². The molecule has 0 amide bonds. The lowest BCUT2D eigenvalue weighted by Crippen LogP contribution is -1.97. The van der Waals surface area contributed by atoms with Crippen LogP contribution in [0.25, 0.3) is 0 Å². The zero-order valence-electron chi connectivity index (χ0n) is 8.57. The summed E-state index contributed by atoms with van der Waals surface area (Å²) >= 11 is 0. The second kappa shape index (κ2) is 3.75. The van der Waals surface area contributed by atoms with E-state index in [0.717, 1.165) is 12.8 Å². The van der Waals surface area contributed by atoms with Crippen LogP contribution in [0.2, 0.25) is 0 Å². The van der Waals surface area contributed by atoms with Crippen molar-refractivity contribution in [3.63, 3.8) is 0 Å². The Kier molecular flexibility index (Phi) is 2.91. The van der Waals surface area contributed by atoms with Gasteiger partial charge < -0.3 is 0 Å². The minimum atomic E-state index is 1.16. The molecule has 0 atom stereocenters. The van der Waals surface area contributed by atoms with Gasteiger partial charge in [0.05, 0.1) is 0 Å². The Morgan fingerprint density at radius 3 is 1.42 bits per heavy atom. The zero-order valence-corrected chi connectivity index (χ0v) is 8.57. The van der Waals surface area contributed by atoms with Crippen LogP contribution < -0.4 is 0 Å². The van der Waals surface area contributed by atoms with E-state index in [9.17, 15) is 0 Å². The maximum absolute atomic E-state index is 2.24. The van der Waals surface area contributed by atoms with Crippen LogP contribution in [0.4, 0.5) is 0 Å². The number of benzene rings is 1. The lowest BCUT2D eigenvalue weighted by Gasteiger charge is -2.12. The molecular weight excluding hydrogens is 144 g/mol. The van der Waals surface area contributed by atoms with Crippen molar-refractivity contribution in [3.05, 3.63) is 34.4 Å². The normalized spacial score (nSPS) is 10.3. The van der Waals surface area contributed by atoms with Gasteiger partial charge in [-0.15, -0.1) is 0 Å². The zero-order chi connectivity index (χ0) is 9.14. The van der Waals surface area contributed by atoms with Gasteiger partial charge in [-0.2, -0.15) is 0 Å². The highest BCUT2D eigenvalue weighted by molar-refractivity contribution is 5.39. The van der Waals surface area contributed by atoms with Crippen LogP contribution in [0.5, 0.6) is 0 Å². The van der Waals surface area contributed by atoms with Crippen LogP contribution in [-0.2, 0) is 12.8 Å². The molecule has 0 bridgehead atoms. The highest BCUT2D eigenvalue weighted by Gasteiger charge is 2.04. The maximum atomic E-state index is 2.24. The molecule has 0 aliphatic heterocycles. The monoisotopic (exact) mass is 162 g/mol. The quantitative estimate of drug-likeness (QED) is 0.625. The van der Waals surface area contributed by atoms with Crippen molar-refractivity contribution in [2.24, 2.45) is 0 Å². The van der Waals surface area contributed by atoms with Gasteiger partial charge in [0.15, 0.2) is 0 Å². The Bertz CT molecular complexity index is 243. The van der Waals surface area contributed by atoms with E-state index in [4.69, 9.17) is 0 Å². The summed E-state index contributed by atoms with van der Waals surface area (Å²) in [4.78, 5) is 0. The van der Waals surface area contributed by atoms with E-state index in [1.807, 2.05) is 0 Å². The van der Waals surface area contributed by atoms with Crippen LogP contribution in [0, 0.1) is 13.8 Å². The summed E-state index contributed by atoms with van der Waals surface area (Å²) in [6, 6.07) is 4.46. The molecule has 0 heterocycles. The summed E-state index contributed by atoms with van der Waals surface area (Å²) in [7, 11) is 0. The number of rotatable bonds is 2. The van der Waals surface area contributed by atoms with Gasteiger partial charge >= 0.3 is 0 Å². The molecule has 0 spiro atoms. The van der Waals surface area contributed by atoms with Gasteiger partial charge in [-0.1, -0.05) is 26.0 Å². The van der Waals surface area contributed by atoms with Crippen molar-refractivity contribution >= 4 is 0 Å². The Hall–Kier alpha value is -0.780. The average Bonchev–Trinajstić information content (AvgIpc) is 2.08. The first-order chi connectivity index (χ1) is 5.70. The van der Waals surface area contributed by atoms with Crippen LogP contribution in [0.15, 0.2) is 12.1 Å². The summed E-state index contributed by atoms with van der Waals surface area (Å²) in [5.74, 6) is 0. The molecule has 0 radical (unpaired) electrons. The second-order valence-electron chi connectivity index (χ2n) is 3.36. The third-order valence-corrected chi connectivity index (χ3v) is 2.61. The topological polar surface area (TPSA) is 0 Å². The summed E-state index contributed by atoms with van der Waals surface area (Å²) in [6.45, 7) is 8.89. The molecule has 66 valence electrons. The Labute approximate surface area is 75.6 Å². The van der Waals surface area contributed by atoms with E-state index in [2.05, 4.69) is 39.8 Å². The van der Waals surface area contributed by atoms with Crippen LogP contribution in [-0.4, -0.2) is 0 Å². The SMILES string of the molecule is CCc1c(C)ccc(C)c1CC. The number of hydrogen-bond donors (Lipinski definition) is 0. The van der Waals surface area contributed by atoms with Gasteiger partial charge in [0.25, 0.3) is 0 Å². The molecule has 0 heteroatoms. The van der Waals surface area contributed by atoms with Gasteiger partial charge in [0.1, 0.15) is 0 Å². The van der Waals surface area contributed by atoms with Crippen molar-refractivity contribution in [2.75, 3.05) is 0 Å². The fourth-order valence-corrected chi connectivity index (χ4v) is 1.91. The Balaban J connectivity index is 3.28. The minimum Gasteiger partial charge on any atom is -0.0613 e. The highest BCUT2D eigenvalue weighted by Crippen LogP contribution is 2.19. The molecule has 0 aliphatic rings. The average molecular weight is 162 g/mol. The molecule has 0 fully saturated rings. The fraction of sp³-hybridized carbons (Fsp3) is 0.500. The molecule has 1 aromatic rings. The summed E-state index contributed by atoms with van der Waals surface area (Å²) in [6.07, 6.45) is 2.33. The van der Waals surface area contributed by atoms with Gasteiger partial charge in [-0.05, 0) is 48.9 Å². The van der Waals surface area contributed by atoms with Crippen molar-refractivity contribution in [1.29, 1.82) is 0 Å². The molecule has 1 rings (SSSR count). The molecule has 0 aliphatic carbocycles. The third kappa shape index (κ3) is 1.52. The first-order valence-corrected chi connectivity index (χ1v) is 4.78. The Morgan fingerprint density at radius 1 is 0.833 bits per heavy atom. The number of hydrogen-bond acceptors (Lipinski definition) is 0. The van der Waals surface area contributed by atoms with E-state index in [1.165, 1.54) is 11.1 Å². The van der Waals surface area contributed by atoms with Crippen molar-refractivity contribution < 1.29 is 0 Å². The smallest absolute Gasteiger partial charge is 0.0302 e. The molecule has 1 aromatic carbocycles. The fourth-order valence-electron chi connectivity index (χ4n) is 1.91. The molecule has 0 N–H and O–H groups in total. The van der Waals surface area contributed by atoms with E-state index in [1.54, 1.807) is 11.1 Å². The third-order valence-electron chi connectivity index (χ3n) is 2.61. The van der Waals surface area contributed by atoms with Gasteiger partial charge in [-0.3, -0.25) is 0 Å². The first-order valence-electron chi connectivity index (χ1n) is 4.78. The number of aryl methyl sites for hydroxylation is 2. The molecule has 0 saturated heterocycles. The Morgan fingerprint density at radius 2 is 1.17 bits per heavy atom. The lowest BCUT2D eigenvalue weighted by atomic mass is 9.94. The van der Waals surface area contributed by atoms with Crippen molar-refractivity contribution in [3.8, 4) is 0 Å². The maximum Gasteiger partial charge on any atom is -0.0302 e. The minimum absolute atomic E-state index is 1.16. The standard InChI is InChI=1S/C12H18/c1-5-11-9(3)7-8-10(4)12(11)6-2/h7-8H,5-6H2,1-4H3. The predicted molar refractivity (Wildman–Crippen MR) is 54.7 cm³/mol. The van der Waals surface area contributed by atoms with Crippen LogP contribution in [0.1, 0.15) is 36.1 Å². The van der Waals surface area contributed by atoms with E-state index >= 15 is 0 Å². The first kappa shape index (κ1) is 9.31.